The highest BCUT2D eigenvalue weighted by atomic mass is 16.4. The molecule has 132 valence electrons. The highest BCUT2D eigenvalue weighted by Crippen LogP contribution is 1.97. The van der Waals surface area contributed by atoms with Crippen LogP contribution in [-0.2, 0) is 19.2 Å². The first-order valence-electron chi connectivity index (χ1n) is 6.75. The number of carboxylic acid groups (broad SMARTS) is 1. The van der Waals surface area contributed by atoms with Crippen molar-refractivity contribution in [2.24, 2.45) is 5.73 Å². The molecule has 0 fully saturated rings. The molecule has 0 aromatic carbocycles. The van der Waals surface area contributed by atoms with Crippen molar-refractivity contribution >= 4 is 23.7 Å². The monoisotopic (exact) mass is 334 g/mol. The van der Waals surface area contributed by atoms with Gasteiger partial charge in [-0.1, -0.05) is 0 Å². The fourth-order valence-corrected chi connectivity index (χ4v) is 1.50. The SMILES string of the molecule is CC(NC(=O)CN)C(=O)NC(C(=O)NC(CO)C(=O)O)C(C)O. The molecule has 0 radical (unpaired) electrons. The Balaban J connectivity index is 4.85. The Morgan fingerprint density at radius 1 is 1.04 bits per heavy atom. The van der Waals surface area contributed by atoms with Gasteiger partial charge < -0.3 is 37.0 Å². The quantitative estimate of drug-likeness (QED) is 0.221. The summed E-state index contributed by atoms with van der Waals surface area (Å²) in [6, 6.07) is -4.06. The lowest BCUT2D eigenvalue weighted by Crippen LogP contribution is -2.59. The first-order valence-corrected chi connectivity index (χ1v) is 6.75. The number of hydrogen-bond donors (Lipinski definition) is 7. The molecule has 4 unspecified atom stereocenters. The maximum atomic E-state index is 11.9. The zero-order chi connectivity index (χ0) is 18.2. The zero-order valence-corrected chi connectivity index (χ0v) is 12.8. The van der Waals surface area contributed by atoms with Crippen molar-refractivity contribution < 1.29 is 34.5 Å². The van der Waals surface area contributed by atoms with Crippen molar-refractivity contribution in [2.45, 2.75) is 38.1 Å². The Morgan fingerprint density at radius 3 is 2.00 bits per heavy atom. The maximum Gasteiger partial charge on any atom is 0.328 e. The van der Waals surface area contributed by atoms with Crippen LogP contribution in [0.1, 0.15) is 13.8 Å². The van der Waals surface area contributed by atoms with Crippen LogP contribution in [0.15, 0.2) is 0 Å². The number of aliphatic hydroxyl groups is 2. The molecule has 11 heteroatoms. The Labute approximate surface area is 132 Å². The number of carbonyl (C=O) groups is 4. The molecule has 0 saturated heterocycles. The van der Waals surface area contributed by atoms with Gasteiger partial charge in [-0.15, -0.1) is 0 Å². The summed E-state index contributed by atoms with van der Waals surface area (Å²) in [6.07, 6.45) is -1.34. The molecular weight excluding hydrogens is 312 g/mol. The number of amides is 3. The van der Waals surface area contributed by atoms with E-state index in [0.717, 1.165) is 0 Å². The van der Waals surface area contributed by atoms with Gasteiger partial charge in [-0.25, -0.2) is 4.79 Å². The summed E-state index contributed by atoms with van der Waals surface area (Å²) in [6.45, 7) is 1.37. The summed E-state index contributed by atoms with van der Waals surface area (Å²) in [5.41, 5.74) is 5.09. The van der Waals surface area contributed by atoms with Crippen molar-refractivity contribution in [3.05, 3.63) is 0 Å². The van der Waals surface area contributed by atoms with Crippen LogP contribution >= 0.6 is 0 Å². The highest BCUT2D eigenvalue weighted by Gasteiger charge is 2.30. The third kappa shape index (κ3) is 7.04. The Hall–Kier alpha value is -2.24. The molecule has 11 nitrogen and oxygen atoms in total. The van der Waals surface area contributed by atoms with Crippen LogP contribution < -0.4 is 21.7 Å². The molecule has 0 rings (SSSR count). The highest BCUT2D eigenvalue weighted by molar-refractivity contribution is 5.93. The fraction of sp³-hybridized carbons (Fsp3) is 0.667. The molecule has 23 heavy (non-hydrogen) atoms. The van der Waals surface area contributed by atoms with Crippen LogP contribution in [0.5, 0.6) is 0 Å². The second-order valence-corrected chi connectivity index (χ2v) is 4.80. The number of carbonyl (C=O) groups excluding carboxylic acids is 3. The van der Waals surface area contributed by atoms with Crippen molar-refractivity contribution in [1.82, 2.24) is 16.0 Å². The molecule has 0 aliphatic carbocycles. The van der Waals surface area contributed by atoms with Gasteiger partial charge in [-0.2, -0.15) is 0 Å². The number of carboxylic acids is 1. The summed E-state index contributed by atoms with van der Waals surface area (Å²) in [5.74, 6) is -3.83. The zero-order valence-electron chi connectivity index (χ0n) is 12.8. The molecule has 0 heterocycles. The Morgan fingerprint density at radius 2 is 1.61 bits per heavy atom. The van der Waals surface area contributed by atoms with E-state index >= 15 is 0 Å². The predicted molar refractivity (Wildman–Crippen MR) is 76.9 cm³/mol. The Kier molecular flexibility index (Phi) is 8.77. The second-order valence-electron chi connectivity index (χ2n) is 4.80. The van der Waals surface area contributed by atoms with Gasteiger partial charge in [-0.05, 0) is 13.8 Å². The van der Waals surface area contributed by atoms with Gasteiger partial charge in [0.25, 0.3) is 0 Å². The van der Waals surface area contributed by atoms with E-state index in [-0.39, 0.29) is 6.54 Å². The van der Waals surface area contributed by atoms with Crippen LogP contribution in [-0.4, -0.2) is 76.4 Å². The third-order valence-electron chi connectivity index (χ3n) is 2.82. The van der Waals surface area contributed by atoms with Crippen LogP contribution in [0.4, 0.5) is 0 Å². The number of nitrogens with two attached hydrogens (primary N) is 1. The first-order chi connectivity index (χ1) is 10.6. The molecule has 0 saturated carbocycles. The van der Waals surface area contributed by atoms with Crippen molar-refractivity contribution in [2.75, 3.05) is 13.2 Å². The first kappa shape index (κ1) is 20.8. The van der Waals surface area contributed by atoms with Gasteiger partial charge in [0.1, 0.15) is 18.1 Å². The van der Waals surface area contributed by atoms with Crippen LogP contribution in [0.2, 0.25) is 0 Å². The lowest BCUT2D eigenvalue weighted by molar-refractivity contribution is -0.144. The lowest BCUT2D eigenvalue weighted by atomic mass is 10.1. The minimum Gasteiger partial charge on any atom is -0.480 e. The molecule has 0 aromatic rings. The summed E-state index contributed by atoms with van der Waals surface area (Å²) in [7, 11) is 0. The van der Waals surface area contributed by atoms with Crippen LogP contribution in [0, 0.1) is 0 Å². The van der Waals surface area contributed by atoms with Crippen molar-refractivity contribution in [3.8, 4) is 0 Å². The predicted octanol–water partition coefficient (Wildman–Crippen LogP) is -4.12. The van der Waals surface area contributed by atoms with Gasteiger partial charge in [0.15, 0.2) is 0 Å². The van der Waals surface area contributed by atoms with E-state index in [1.54, 1.807) is 0 Å². The average Bonchev–Trinajstić information content (AvgIpc) is 2.48. The minimum absolute atomic E-state index is 0.325. The van der Waals surface area contributed by atoms with Gasteiger partial charge in [0, 0.05) is 0 Å². The molecule has 0 aliphatic heterocycles. The van der Waals surface area contributed by atoms with E-state index < -0.39 is 54.5 Å². The molecule has 0 bridgehead atoms. The summed E-state index contributed by atoms with van der Waals surface area (Å²) in [4.78, 5) is 45.7. The normalized spacial score (nSPS) is 15.7. The van der Waals surface area contributed by atoms with Crippen LogP contribution in [0.3, 0.4) is 0 Å². The van der Waals surface area contributed by atoms with Crippen molar-refractivity contribution in [3.63, 3.8) is 0 Å². The van der Waals surface area contributed by atoms with Gasteiger partial charge in [-0.3, -0.25) is 14.4 Å². The van der Waals surface area contributed by atoms with E-state index in [1.165, 1.54) is 13.8 Å². The van der Waals surface area contributed by atoms with E-state index in [9.17, 15) is 24.3 Å². The lowest BCUT2D eigenvalue weighted by Gasteiger charge is -2.24. The molecule has 4 atom stereocenters. The summed E-state index contributed by atoms with van der Waals surface area (Å²) >= 11 is 0. The minimum atomic E-state index is -1.57. The number of nitrogens with one attached hydrogen (secondary N) is 3. The van der Waals surface area contributed by atoms with Crippen LogP contribution in [0.25, 0.3) is 0 Å². The average molecular weight is 334 g/mol. The second kappa shape index (κ2) is 9.71. The third-order valence-corrected chi connectivity index (χ3v) is 2.82. The largest absolute Gasteiger partial charge is 0.480 e. The topological polar surface area (TPSA) is 191 Å². The molecule has 0 spiro atoms. The summed E-state index contributed by atoms with van der Waals surface area (Å²) in [5, 5.41) is 33.6. The Bertz CT molecular complexity index is 455. The van der Waals surface area contributed by atoms with Gasteiger partial charge in [0.2, 0.25) is 17.7 Å². The van der Waals surface area contributed by atoms with E-state index in [4.69, 9.17) is 15.9 Å². The van der Waals surface area contributed by atoms with E-state index in [1.807, 2.05) is 5.32 Å². The molecule has 0 aliphatic rings. The fourth-order valence-electron chi connectivity index (χ4n) is 1.50. The molecule has 8 N–H and O–H groups in total. The maximum absolute atomic E-state index is 11.9. The standard InChI is InChI=1S/C12H22N4O7/c1-5(14-8(19)3-13)10(20)16-9(6(2)18)11(21)15-7(4-17)12(22)23/h5-7,9,17-18H,3-4,13H2,1-2H3,(H,14,19)(H,15,21)(H,16,20)(H,22,23). The number of aliphatic hydroxyl groups excluding tert-OH is 2. The van der Waals surface area contributed by atoms with E-state index in [0.29, 0.717) is 0 Å². The smallest absolute Gasteiger partial charge is 0.328 e. The molecular formula is C12H22N4O7. The number of hydrogen-bond acceptors (Lipinski definition) is 7. The summed E-state index contributed by atoms with van der Waals surface area (Å²) < 4.78 is 0. The van der Waals surface area contributed by atoms with Gasteiger partial charge in [0.05, 0.1) is 19.3 Å². The number of rotatable bonds is 9. The number of aliphatic carboxylic acids is 1. The van der Waals surface area contributed by atoms with E-state index in [2.05, 4.69) is 10.6 Å². The van der Waals surface area contributed by atoms with Gasteiger partial charge >= 0.3 is 5.97 Å². The molecule has 0 aromatic heterocycles. The van der Waals surface area contributed by atoms with Crippen molar-refractivity contribution in [1.29, 1.82) is 0 Å². The molecule has 3 amide bonds.